The predicted octanol–water partition coefficient (Wildman–Crippen LogP) is 2.83. The molecule has 1 aromatic heterocycles. The number of rotatable bonds is 3. The van der Waals surface area contributed by atoms with E-state index in [0.717, 1.165) is 10.6 Å². The first-order chi connectivity index (χ1) is 11.0. The summed E-state index contributed by atoms with van der Waals surface area (Å²) in [6.45, 7) is -0.221. The van der Waals surface area contributed by atoms with Crippen molar-refractivity contribution in [1.29, 1.82) is 0 Å². The first-order valence-corrected chi connectivity index (χ1v) is 7.11. The van der Waals surface area contributed by atoms with Gasteiger partial charge in [0.25, 0.3) is 5.56 Å². The lowest BCUT2D eigenvalue weighted by Gasteiger charge is -2.08. The van der Waals surface area contributed by atoms with Crippen molar-refractivity contribution in [1.82, 2.24) is 9.55 Å². The van der Waals surface area contributed by atoms with Crippen LogP contribution in [0.1, 0.15) is 0 Å². The SMILES string of the molecule is O=C(Cn1cnc2ccc(F)cc2c1=O)Nc1ccc(Cl)cc1. The molecule has 0 bridgehead atoms. The quantitative estimate of drug-likeness (QED) is 0.802. The second-order valence-corrected chi connectivity index (χ2v) is 5.33. The van der Waals surface area contributed by atoms with Crippen LogP contribution in [-0.4, -0.2) is 15.5 Å². The number of halogens is 2. The van der Waals surface area contributed by atoms with E-state index in [1.165, 1.54) is 18.5 Å². The molecule has 0 atom stereocenters. The molecule has 3 aromatic rings. The number of fused-ring (bicyclic) bond motifs is 1. The Kier molecular flexibility index (Phi) is 4.08. The van der Waals surface area contributed by atoms with Crippen LogP contribution in [-0.2, 0) is 11.3 Å². The molecule has 1 N–H and O–H groups in total. The number of anilines is 1. The molecule has 116 valence electrons. The first-order valence-electron chi connectivity index (χ1n) is 6.73. The fourth-order valence-electron chi connectivity index (χ4n) is 2.13. The molecule has 0 unspecified atom stereocenters. The molecule has 1 amide bonds. The number of nitrogens with one attached hydrogen (secondary N) is 1. The van der Waals surface area contributed by atoms with Crippen LogP contribution in [0.25, 0.3) is 10.9 Å². The number of nitrogens with zero attached hydrogens (tertiary/aromatic N) is 2. The van der Waals surface area contributed by atoms with E-state index in [1.807, 2.05) is 0 Å². The highest BCUT2D eigenvalue weighted by Gasteiger charge is 2.09. The molecule has 1 heterocycles. The van der Waals surface area contributed by atoms with Crippen molar-refractivity contribution in [3.63, 3.8) is 0 Å². The summed E-state index contributed by atoms with van der Waals surface area (Å²) in [5, 5.41) is 3.33. The second-order valence-electron chi connectivity index (χ2n) is 4.89. The van der Waals surface area contributed by atoms with Gasteiger partial charge >= 0.3 is 0 Å². The van der Waals surface area contributed by atoms with Crippen LogP contribution >= 0.6 is 11.6 Å². The van der Waals surface area contributed by atoms with Crippen molar-refractivity contribution in [3.8, 4) is 0 Å². The van der Waals surface area contributed by atoms with Gasteiger partial charge in [0.05, 0.1) is 17.2 Å². The third-order valence-corrected chi connectivity index (χ3v) is 3.48. The molecule has 0 aliphatic carbocycles. The molecule has 7 heteroatoms. The van der Waals surface area contributed by atoms with Gasteiger partial charge in [-0.15, -0.1) is 0 Å². The van der Waals surface area contributed by atoms with Crippen LogP contribution in [0.4, 0.5) is 10.1 Å². The van der Waals surface area contributed by atoms with Crippen molar-refractivity contribution < 1.29 is 9.18 Å². The Morgan fingerprint density at radius 3 is 2.70 bits per heavy atom. The zero-order valence-electron chi connectivity index (χ0n) is 11.8. The lowest BCUT2D eigenvalue weighted by atomic mass is 10.2. The summed E-state index contributed by atoms with van der Waals surface area (Å²) in [4.78, 5) is 28.3. The molecule has 5 nitrogen and oxygen atoms in total. The minimum absolute atomic E-state index is 0.131. The Morgan fingerprint density at radius 2 is 1.96 bits per heavy atom. The van der Waals surface area contributed by atoms with Gasteiger partial charge in [0.1, 0.15) is 12.4 Å². The van der Waals surface area contributed by atoms with E-state index < -0.39 is 17.3 Å². The Bertz CT molecular complexity index is 938. The molecule has 0 aliphatic rings. The number of amides is 1. The van der Waals surface area contributed by atoms with E-state index >= 15 is 0 Å². The molecule has 0 saturated carbocycles. The Balaban J connectivity index is 1.83. The maximum atomic E-state index is 13.3. The summed E-state index contributed by atoms with van der Waals surface area (Å²) in [7, 11) is 0. The zero-order valence-corrected chi connectivity index (χ0v) is 12.5. The molecule has 23 heavy (non-hydrogen) atoms. The molecule has 3 rings (SSSR count). The van der Waals surface area contributed by atoms with Gasteiger partial charge in [0, 0.05) is 10.7 Å². The molecule has 0 fully saturated rings. The van der Waals surface area contributed by atoms with Crippen molar-refractivity contribution in [2.45, 2.75) is 6.54 Å². The van der Waals surface area contributed by atoms with Crippen LogP contribution in [0.3, 0.4) is 0 Å². The highest BCUT2D eigenvalue weighted by atomic mass is 35.5. The lowest BCUT2D eigenvalue weighted by Crippen LogP contribution is -2.27. The maximum Gasteiger partial charge on any atom is 0.261 e. The molecule has 0 aliphatic heterocycles. The van der Waals surface area contributed by atoms with Crippen molar-refractivity contribution in [2.75, 3.05) is 5.32 Å². The largest absolute Gasteiger partial charge is 0.325 e. The number of carbonyl (C=O) groups excluding carboxylic acids is 1. The number of benzene rings is 2. The standard InChI is InChI=1S/C16H11ClFN3O2/c17-10-1-4-12(5-2-10)20-15(22)8-21-9-19-14-6-3-11(18)7-13(14)16(21)23/h1-7,9H,8H2,(H,20,22). The fourth-order valence-corrected chi connectivity index (χ4v) is 2.26. The van der Waals surface area contributed by atoms with Crippen molar-refractivity contribution >= 4 is 34.1 Å². The van der Waals surface area contributed by atoms with E-state index in [0.29, 0.717) is 16.2 Å². The van der Waals surface area contributed by atoms with Crippen LogP contribution in [0.15, 0.2) is 53.6 Å². The second kappa shape index (κ2) is 6.18. The number of carbonyl (C=O) groups is 1. The van der Waals surface area contributed by atoms with Gasteiger partial charge in [-0.3, -0.25) is 14.2 Å². The average Bonchev–Trinajstić information content (AvgIpc) is 2.53. The Morgan fingerprint density at radius 1 is 1.22 bits per heavy atom. The summed E-state index contributed by atoms with van der Waals surface area (Å²) in [6, 6.07) is 10.3. The average molecular weight is 332 g/mol. The van der Waals surface area contributed by atoms with E-state index in [9.17, 15) is 14.0 Å². The Hall–Kier alpha value is -2.73. The van der Waals surface area contributed by atoms with Gasteiger partial charge in [-0.2, -0.15) is 0 Å². The molecule has 0 saturated heterocycles. The minimum Gasteiger partial charge on any atom is -0.325 e. The fraction of sp³-hybridized carbons (Fsp3) is 0.0625. The van der Waals surface area contributed by atoms with Crippen LogP contribution in [0, 0.1) is 5.82 Å². The molecule has 2 aromatic carbocycles. The third kappa shape index (κ3) is 3.37. The number of hydrogen-bond acceptors (Lipinski definition) is 3. The third-order valence-electron chi connectivity index (χ3n) is 3.23. The van der Waals surface area contributed by atoms with E-state index in [4.69, 9.17) is 11.6 Å². The van der Waals surface area contributed by atoms with Crippen LogP contribution < -0.4 is 10.9 Å². The normalized spacial score (nSPS) is 10.7. The highest BCUT2D eigenvalue weighted by Crippen LogP contribution is 2.13. The molecule has 0 spiro atoms. The van der Waals surface area contributed by atoms with Gasteiger partial charge in [0.2, 0.25) is 5.91 Å². The van der Waals surface area contributed by atoms with Crippen LogP contribution in [0.5, 0.6) is 0 Å². The molecule has 0 radical (unpaired) electrons. The van der Waals surface area contributed by atoms with Gasteiger partial charge < -0.3 is 5.32 Å². The summed E-state index contributed by atoms with van der Waals surface area (Å²) < 4.78 is 14.4. The summed E-state index contributed by atoms with van der Waals surface area (Å²) in [6.07, 6.45) is 1.27. The topological polar surface area (TPSA) is 64.0 Å². The maximum absolute atomic E-state index is 13.3. The summed E-state index contributed by atoms with van der Waals surface area (Å²) in [5.41, 5.74) is 0.471. The van der Waals surface area contributed by atoms with Crippen molar-refractivity contribution in [2.24, 2.45) is 0 Å². The molecular formula is C16H11ClFN3O2. The van der Waals surface area contributed by atoms with Gasteiger partial charge in [-0.25, -0.2) is 9.37 Å². The number of aromatic nitrogens is 2. The van der Waals surface area contributed by atoms with Crippen molar-refractivity contribution in [3.05, 3.63) is 70.0 Å². The van der Waals surface area contributed by atoms with E-state index in [1.54, 1.807) is 24.3 Å². The Labute approximate surface area is 135 Å². The van der Waals surface area contributed by atoms with Gasteiger partial charge in [0.15, 0.2) is 0 Å². The first kappa shape index (κ1) is 15.2. The number of hydrogen-bond donors (Lipinski definition) is 1. The minimum atomic E-state index is -0.528. The smallest absolute Gasteiger partial charge is 0.261 e. The van der Waals surface area contributed by atoms with Gasteiger partial charge in [-0.05, 0) is 42.5 Å². The lowest BCUT2D eigenvalue weighted by molar-refractivity contribution is -0.116. The predicted molar refractivity (Wildman–Crippen MR) is 86.0 cm³/mol. The van der Waals surface area contributed by atoms with Crippen LogP contribution in [0.2, 0.25) is 5.02 Å². The van der Waals surface area contributed by atoms with E-state index in [-0.39, 0.29) is 11.9 Å². The molecular weight excluding hydrogens is 321 g/mol. The monoisotopic (exact) mass is 331 g/mol. The summed E-state index contributed by atoms with van der Waals surface area (Å²) in [5.74, 6) is -0.924. The van der Waals surface area contributed by atoms with Gasteiger partial charge in [-0.1, -0.05) is 11.6 Å². The zero-order chi connectivity index (χ0) is 16.4. The highest BCUT2D eigenvalue weighted by molar-refractivity contribution is 6.30. The summed E-state index contributed by atoms with van der Waals surface area (Å²) >= 11 is 5.77. The van der Waals surface area contributed by atoms with E-state index in [2.05, 4.69) is 10.3 Å².